The Kier molecular flexibility index (Phi) is 5.71. The fourth-order valence-electron chi connectivity index (χ4n) is 2.57. The van der Waals surface area contributed by atoms with E-state index in [0.29, 0.717) is 6.54 Å². The second-order valence-corrected chi connectivity index (χ2v) is 6.50. The molecule has 1 aliphatic rings. The molecule has 124 valence electrons. The van der Waals surface area contributed by atoms with Gasteiger partial charge in [-0.05, 0) is 45.5 Å². The van der Waals surface area contributed by atoms with Crippen LogP contribution < -0.4 is 0 Å². The number of aromatic nitrogens is 4. The first-order valence-corrected chi connectivity index (χ1v) is 8.54. The van der Waals surface area contributed by atoms with Crippen molar-refractivity contribution >= 4 is 15.9 Å². The maximum atomic E-state index is 5.38. The zero-order valence-corrected chi connectivity index (χ0v) is 14.8. The highest BCUT2D eigenvalue weighted by atomic mass is 79.9. The number of ether oxygens (including phenoxy) is 1. The molecule has 3 rings (SSSR count). The van der Waals surface area contributed by atoms with Crippen LogP contribution in [0.5, 0.6) is 0 Å². The molecule has 0 saturated carbocycles. The molecule has 2 heterocycles. The number of nitrogens with zero attached hydrogens (tertiary/aromatic N) is 6. The Morgan fingerprint density at radius 1 is 1.26 bits per heavy atom. The molecule has 7 nitrogen and oxygen atoms in total. The van der Waals surface area contributed by atoms with Crippen molar-refractivity contribution in [3.05, 3.63) is 34.6 Å². The van der Waals surface area contributed by atoms with E-state index in [-0.39, 0.29) is 0 Å². The van der Waals surface area contributed by atoms with Gasteiger partial charge in [-0.25, -0.2) is 0 Å². The average molecular weight is 381 g/mol. The Morgan fingerprint density at radius 2 is 2.04 bits per heavy atom. The normalized spacial score (nSPS) is 16.1. The van der Waals surface area contributed by atoms with Gasteiger partial charge < -0.3 is 4.74 Å². The van der Waals surface area contributed by atoms with Crippen molar-refractivity contribution in [1.82, 2.24) is 30.0 Å². The minimum Gasteiger partial charge on any atom is -0.379 e. The van der Waals surface area contributed by atoms with E-state index in [1.807, 2.05) is 24.3 Å². The summed E-state index contributed by atoms with van der Waals surface area (Å²) in [5, 5.41) is 12.1. The Balaban J connectivity index is 1.60. The molecule has 0 atom stereocenters. The number of halogens is 1. The minimum absolute atomic E-state index is 0.707. The van der Waals surface area contributed by atoms with E-state index in [4.69, 9.17) is 4.74 Å². The standard InChI is InChI=1S/C15H21BrN6O/c1-20(6-7-21-8-10-23-11-9-21)12-15-17-18-19-22(15)14-5-3-2-4-13(14)16/h2-5H,6-12H2,1H3. The summed E-state index contributed by atoms with van der Waals surface area (Å²) in [6, 6.07) is 7.94. The molecule has 0 spiro atoms. The molecule has 1 aromatic heterocycles. The largest absolute Gasteiger partial charge is 0.379 e. The Bertz CT molecular complexity index is 628. The van der Waals surface area contributed by atoms with Gasteiger partial charge >= 0.3 is 0 Å². The number of likely N-dealkylation sites (N-methyl/N-ethyl adjacent to an activating group) is 1. The van der Waals surface area contributed by atoms with Crippen LogP contribution in [-0.4, -0.2) is 76.4 Å². The smallest absolute Gasteiger partial charge is 0.170 e. The van der Waals surface area contributed by atoms with Gasteiger partial charge in [-0.15, -0.1) is 5.10 Å². The lowest BCUT2D eigenvalue weighted by molar-refractivity contribution is 0.0341. The second-order valence-electron chi connectivity index (χ2n) is 5.65. The molecule has 2 aromatic rings. The number of rotatable bonds is 6. The number of hydrogen-bond acceptors (Lipinski definition) is 6. The lowest BCUT2D eigenvalue weighted by atomic mass is 10.3. The Morgan fingerprint density at radius 3 is 2.83 bits per heavy atom. The van der Waals surface area contributed by atoms with Crippen molar-refractivity contribution in [3.63, 3.8) is 0 Å². The van der Waals surface area contributed by atoms with E-state index in [0.717, 1.165) is 55.4 Å². The van der Waals surface area contributed by atoms with Crippen LogP contribution in [0.2, 0.25) is 0 Å². The summed E-state index contributed by atoms with van der Waals surface area (Å²) >= 11 is 3.55. The lowest BCUT2D eigenvalue weighted by Crippen LogP contribution is -2.40. The van der Waals surface area contributed by atoms with Crippen molar-refractivity contribution in [2.24, 2.45) is 0 Å². The van der Waals surface area contributed by atoms with Crippen molar-refractivity contribution in [1.29, 1.82) is 0 Å². The summed E-state index contributed by atoms with van der Waals surface area (Å²) in [7, 11) is 2.10. The van der Waals surface area contributed by atoms with Gasteiger partial charge in [0.2, 0.25) is 0 Å². The van der Waals surface area contributed by atoms with Gasteiger partial charge in [-0.3, -0.25) is 9.80 Å². The number of para-hydroxylation sites is 1. The summed E-state index contributed by atoms with van der Waals surface area (Å²) in [5.41, 5.74) is 0.953. The van der Waals surface area contributed by atoms with E-state index in [1.54, 1.807) is 4.68 Å². The molecular formula is C15H21BrN6O. The molecule has 0 aliphatic carbocycles. The fourth-order valence-corrected chi connectivity index (χ4v) is 3.03. The van der Waals surface area contributed by atoms with Gasteiger partial charge in [0.15, 0.2) is 5.82 Å². The van der Waals surface area contributed by atoms with Crippen LogP contribution in [0.25, 0.3) is 5.69 Å². The number of benzene rings is 1. The lowest BCUT2D eigenvalue weighted by Gasteiger charge is -2.28. The first-order valence-electron chi connectivity index (χ1n) is 7.75. The number of morpholine rings is 1. The molecule has 1 aromatic carbocycles. The predicted molar refractivity (Wildman–Crippen MR) is 90.4 cm³/mol. The first kappa shape index (κ1) is 16.5. The van der Waals surface area contributed by atoms with Crippen LogP contribution in [0.3, 0.4) is 0 Å². The highest BCUT2D eigenvalue weighted by molar-refractivity contribution is 9.10. The van der Waals surface area contributed by atoms with Crippen LogP contribution in [0.1, 0.15) is 5.82 Å². The summed E-state index contributed by atoms with van der Waals surface area (Å²) in [6.45, 7) is 6.43. The van der Waals surface area contributed by atoms with Crippen molar-refractivity contribution in [2.75, 3.05) is 46.4 Å². The van der Waals surface area contributed by atoms with Crippen molar-refractivity contribution in [2.45, 2.75) is 6.54 Å². The Hall–Kier alpha value is -1.35. The third kappa shape index (κ3) is 4.35. The molecular weight excluding hydrogens is 360 g/mol. The summed E-state index contributed by atoms with van der Waals surface area (Å²) < 4.78 is 8.14. The maximum Gasteiger partial charge on any atom is 0.170 e. The van der Waals surface area contributed by atoms with Gasteiger partial charge in [0, 0.05) is 30.7 Å². The second kappa shape index (κ2) is 7.96. The summed E-state index contributed by atoms with van der Waals surface area (Å²) in [5.74, 6) is 0.835. The third-order valence-corrected chi connectivity index (χ3v) is 4.60. The fraction of sp³-hybridized carbons (Fsp3) is 0.533. The Labute approximate surface area is 144 Å². The molecule has 0 radical (unpaired) electrons. The maximum absolute atomic E-state index is 5.38. The molecule has 0 unspecified atom stereocenters. The summed E-state index contributed by atoms with van der Waals surface area (Å²) in [6.07, 6.45) is 0. The van der Waals surface area contributed by atoms with E-state index >= 15 is 0 Å². The van der Waals surface area contributed by atoms with Crippen molar-refractivity contribution in [3.8, 4) is 5.69 Å². The van der Waals surface area contributed by atoms with Crippen molar-refractivity contribution < 1.29 is 4.74 Å². The zero-order valence-electron chi connectivity index (χ0n) is 13.2. The SMILES string of the molecule is CN(CCN1CCOCC1)Cc1nnnn1-c1ccccc1Br. The highest BCUT2D eigenvalue weighted by Crippen LogP contribution is 2.20. The minimum atomic E-state index is 0.707. The molecule has 0 bridgehead atoms. The molecule has 8 heteroatoms. The molecule has 1 fully saturated rings. The van der Waals surface area contributed by atoms with Crippen LogP contribution in [0.4, 0.5) is 0 Å². The zero-order chi connectivity index (χ0) is 16.1. The van der Waals surface area contributed by atoms with Crippen LogP contribution >= 0.6 is 15.9 Å². The summed E-state index contributed by atoms with van der Waals surface area (Å²) in [4.78, 5) is 4.67. The molecule has 1 aliphatic heterocycles. The van der Waals surface area contributed by atoms with E-state index in [2.05, 4.69) is 48.3 Å². The van der Waals surface area contributed by atoms with Gasteiger partial charge in [-0.1, -0.05) is 12.1 Å². The van der Waals surface area contributed by atoms with Gasteiger partial charge in [0.1, 0.15) is 0 Å². The molecule has 0 amide bonds. The topological polar surface area (TPSA) is 59.3 Å². The van der Waals surface area contributed by atoms with Crippen LogP contribution in [-0.2, 0) is 11.3 Å². The average Bonchev–Trinajstić information content (AvgIpc) is 3.02. The van der Waals surface area contributed by atoms with E-state index in [1.165, 1.54) is 0 Å². The van der Waals surface area contributed by atoms with Crippen LogP contribution in [0, 0.1) is 0 Å². The quantitative estimate of drug-likeness (QED) is 0.749. The molecule has 0 N–H and O–H groups in total. The highest BCUT2D eigenvalue weighted by Gasteiger charge is 2.14. The molecule has 23 heavy (non-hydrogen) atoms. The first-order chi connectivity index (χ1) is 11.2. The predicted octanol–water partition coefficient (Wildman–Crippen LogP) is 1.19. The van der Waals surface area contributed by atoms with Gasteiger partial charge in [-0.2, -0.15) is 4.68 Å². The monoisotopic (exact) mass is 380 g/mol. The third-order valence-electron chi connectivity index (χ3n) is 3.93. The van der Waals surface area contributed by atoms with Gasteiger partial charge in [0.25, 0.3) is 0 Å². The van der Waals surface area contributed by atoms with E-state index < -0.39 is 0 Å². The van der Waals surface area contributed by atoms with Gasteiger partial charge in [0.05, 0.1) is 25.4 Å². The van der Waals surface area contributed by atoms with E-state index in [9.17, 15) is 0 Å². The number of hydrogen-bond donors (Lipinski definition) is 0. The van der Waals surface area contributed by atoms with Crippen LogP contribution in [0.15, 0.2) is 28.7 Å². The number of tetrazole rings is 1. The molecule has 1 saturated heterocycles.